The highest BCUT2D eigenvalue weighted by Gasteiger charge is 2.32. The van der Waals surface area contributed by atoms with Gasteiger partial charge in [-0.15, -0.1) is 0 Å². The second-order valence-electron chi connectivity index (χ2n) is 6.17. The van der Waals surface area contributed by atoms with E-state index >= 15 is 0 Å². The molecule has 0 bridgehead atoms. The van der Waals surface area contributed by atoms with Crippen molar-refractivity contribution in [3.63, 3.8) is 0 Å². The molecule has 0 saturated carbocycles. The number of fused-ring (bicyclic) bond motifs is 1. The van der Waals surface area contributed by atoms with Crippen LogP contribution in [0.15, 0.2) is 54.9 Å². The SMILES string of the molecule is COc1ccc([C@H]2C[C@@H](c3ccccc3OC(F)F)n3ncnc3N2)cc1. The molecule has 2 atom stereocenters. The number of halogens is 2. The lowest BCUT2D eigenvalue weighted by molar-refractivity contribution is -0.0507. The van der Waals surface area contributed by atoms with Gasteiger partial charge in [0.25, 0.3) is 0 Å². The second kappa shape index (κ2) is 7.22. The summed E-state index contributed by atoms with van der Waals surface area (Å²) in [5.41, 5.74) is 1.69. The molecule has 0 aliphatic carbocycles. The Morgan fingerprint density at radius 1 is 1.15 bits per heavy atom. The second-order valence-corrected chi connectivity index (χ2v) is 6.17. The van der Waals surface area contributed by atoms with Crippen LogP contribution in [0.4, 0.5) is 14.7 Å². The third-order valence-electron chi connectivity index (χ3n) is 4.64. The summed E-state index contributed by atoms with van der Waals surface area (Å²) < 4.78 is 37.3. The Kier molecular flexibility index (Phi) is 4.62. The number of nitrogens with zero attached hydrogens (tertiary/aromatic N) is 3. The van der Waals surface area contributed by atoms with Crippen LogP contribution in [-0.4, -0.2) is 28.5 Å². The summed E-state index contributed by atoms with van der Waals surface area (Å²) in [4.78, 5) is 4.26. The molecule has 3 aromatic rings. The van der Waals surface area contributed by atoms with E-state index in [-0.39, 0.29) is 17.8 Å². The average molecular weight is 372 g/mol. The van der Waals surface area contributed by atoms with E-state index in [1.165, 1.54) is 6.33 Å². The Hall–Kier alpha value is -3.16. The van der Waals surface area contributed by atoms with Crippen molar-refractivity contribution < 1.29 is 18.3 Å². The third kappa shape index (κ3) is 3.42. The van der Waals surface area contributed by atoms with E-state index in [1.54, 1.807) is 36.1 Å². The van der Waals surface area contributed by atoms with Crippen LogP contribution in [0.2, 0.25) is 0 Å². The van der Waals surface area contributed by atoms with Gasteiger partial charge in [0.1, 0.15) is 17.8 Å². The topological polar surface area (TPSA) is 61.2 Å². The number of hydrogen-bond acceptors (Lipinski definition) is 5. The summed E-state index contributed by atoms with van der Waals surface area (Å²) >= 11 is 0. The van der Waals surface area contributed by atoms with Gasteiger partial charge in [0.05, 0.1) is 19.2 Å². The summed E-state index contributed by atoms with van der Waals surface area (Å²) in [5, 5.41) is 7.62. The molecule has 1 aromatic heterocycles. The van der Waals surface area contributed by atoms with Gasteiger partial charge in [-0.25, -0.2) is 4.68 Å². The Morgan fingerprint density at radius 2 is 1.93 bits per heavy atom. The van der Waals surface area contributed by atoms with Gasteiger partial charge in [0.2, 0.25) is 5.95 Å². The third-order valence-corrected chi connectivity index (χ3v) is 4.64. The highest BCUT2D eigenvalue weighted by molar-refractivity contribution is 5.43. The Labute approximate surface area is 154 Å². The van der Waals surface area contributed by atoms with Gasteiger partial charge in [-0.1, -0.05) is 30.3 Å². The first kappa shape index (κ1) is 17.3. The zero-order valence-corrected chi connectivity index (χ0v) is 14.5. The van der Waals surface area contributed by atoms with Crippen LogP contribution in [0, 0.1) is 0 Å². The molecule has 27 heavy (non-hydrogen) atoms. The van der Waals surface area contributed by atoms with E-state index < -0.39 is 6.61 Å². The van der Waals surface area contributed by atoms with Crippen LogP contribution in [-0.2, 0) is 0 Å². The van der Waals surface area contributed by atoms with E-state index in [2.05, 4.69) is 15.4 Å². The van der Waals surface area contributed by atoms with Gasteiger partial charge in [-0.2, -0.15) is 18.9 Å². The maximum absolute atomic E-state index is 12.8. The molecule has 0 saturated heterocycles. The van der Waals surface area contributed by atoms with Gasteiger partial charge in [-0.3, -0.25) is 0 Å². The van der Waals surface area contributed by atoms with Crippen LogP contribution in [0.1, 0.15) is 29.6 Å². The van der Waals surface area contributed by atoms with Crippen molar-refractivity contribution in [3.05, 3.63) is 66.0 Å². The minimum atomic E-state index is -2.89. The molecule has 2 aromatic carbocycles. The number of nitrogens with one attached hydrogen (secondary N) is 1. The number of rotatable bonds is 5. The van der Waals surface area contributed by atoms with Gasteiger partial charge in [0, 0.05) is 5.56 Å². The van der Waals surface area contributed by atoms with Crippen molar-refractivity contribution in [2.75, 3.05) is 12.4 Å². The van der Waals surface area contributed by atoms with Crippen LogP contribution >= 0.6 is 0 Å². The first-order valence-corrected chi connectivity index (χ1v) is 8.49. The van der Waals surface area contributed by atoms with E-state index in [9.17, 15) is 8.78 Å². The van der Waals surface area contributed by atoms with Crippen LogP contribution in [0.25, 0.3) is 0 Å². The number of anilines is 1. The zero-order valence-electron chi connectivity index (χ0n) is 14.5. The normalized spacial score (nSPS) is 18.7. The number of aromatic nitrogens is 3. The van der Waals surface area contributed by atoms with Crippen molar-refractivity contribution in [2.45, 2.75) is 25.1 Å². The first-order chi connectivity index (χ1) is 13.2. The molecule has 0 amide bonds. The van der Waals surface area contributed by atoms with Gasteiger partial charge in [0.15, 0.2) is 0 Å². The Balaban J connectivity index is 1.70. The maximum atomic E-state index is 12.8. The lowest BCUT2D eigenvalue weighted by Crippen LogP contribution is -2.28. The molecule has 0 spiro atoms. The molecule has 1 aliphatic heterocycles. The fraction of sp³-hybridized carbons (Fsp3) is 0.263. The summed E-state index contributed by atoms with van der Waals surface area (Å²) in [5.74, 6) is 1.50. The predicted molar refractivity (Wildman–Crippen MR) is 95.2 cm³/mol. The molecule has 140 valence electrons. The zero-order chi connectivity index (χ0) is 18.8. The molecule has 6 nitrogen and oxygen atoms in total. The Bertz CT molecular complexity index is 914. The molecule has 0 fully saturated rings. The number of benzene rings is 2. The van der Waals surface area contributed by atoms with Crippen LogP contribution < -0.4 is 14.8 Å². The monoisotopic (exact) mass is 372 g/mol. The fourth-order valence-corrected chi connectivity index (χ4v) is 3.39. The van der Waals surface area contributed by atoms with Crippen molar-refractivity contribution in [1.82, 2.24) is 14.8 Å². The van der Waals surface area contributed by atoms with Gasteiger partial charge < -0.3 is 14.8 Å². The van der Waals surface area contributed by atoms with Crippen molar-refractivity contribution in [2.24, 2.45) is 0 Å². The first-order valence-electron chi connectivity index (χ1n) is 8.49. The van der Waals surface area contributed by atoms with Gasteiger partial charge in [-0.05, 0) is 30.2 Å². The molecule has 4 rings (SSSR count). The number of para-hydroxylation sites is 1. The number of ether oxygens (including phenoxy) is 2. The van der Waals surface area contributed by atoms with Crippen molar-refractivity contribution >= 4 is 5.95 Å². The highest BCUT2D eigenvalue weighted by atomic mass is 19.3. The summed E-state index contributed by atoms with van der Waals surface area (Å²) in [6, 6.07) is 14.2. The molecule has 2 heterocycles. The maximum Gasteiger partial charge on any atom is 0.387 e. The largest absolute Gasteiger partial charge is 0.497 e. The van der Waals surface area contributed by atoms with Crippen LogP contribution in [0.5, 0.6) is 11.5 Å². The predicted octanol–water partition coefficient (Wildman–Crippen LogP) is 4.03. The standard InChI is InChI=1S/C19H18F2N4O2/c1-26-13-8-6-12(7-9-13)15-10-16(25-19(24-15)22-11-23-25)14-4-2-3-5-17(14)27-18(20)21/h2-9,11,15-16,18H,10H2,1H3,(H,22,23,24)/t15-,16+/m1/s1. The summed E-state index contributed by atoms with van der Waals surface area (Å²) in [6.45, 7) is -2.89. The number of methoxy groups -OCH3 is 1. The van der Waals surface area contributed by atoms with Crippen molar-refractivity contribution in [3.8, 4) is 11.5 Å². The minimum absolute atomic E-state index is 0.0581. The summed E-state index contributed by atoms with van der Waals surface area (Å²) in [6.07, 6.45) is 2.05. The lowest BCUT2D eigenvalue weighted by atomic mass is 9.93. The number of alkyl halides is 2. The van der Waals surface area contributed by atoms with Gasteiger partial charge >= 0.3 is 6.61 Å². The van der Waals surface area contributed by atoms with Crippen LogP contribution in [0.3, 0.4) is 0 Å². The van der Waals surface area contributed by atoms with E-state index in [1.807, 2.05) is 24.3 Å². The molecule has 0 radical (unpaired) electrons. The van der Waals surface area contributed by atoms with E-state index in [0.717, 1.165) is 11.3 Å². The quantitative estimate of drug-likeness (QED) is 0.733. The molecular formula is C19H18F2N4O2. The number of hydrogen-bond donors (Lipinski definition) is 1. The molecule has 1 aliphatic rings. The van der Waals surface area contributed by atoms with E-state index in [4.69, 9.17) is 9.47 Å². The average Bonchev–Trinajstić information content (AvgIpc) is 3.16. The Morgan fingerprint density at radius 3 is 2.67 bits per heavy atom. The smallest absolute Gasteiger partial charge is 0.387 e. The lowest BCUT2D eigenvalue weighted by Gasteiger charge is -2.32. The van der Waals surface area contributed by atoms with Crippen molar-refractivity contribution in [1.29, 1.82) is 0 Å². The molecular weight excluding hydrogens is 354 g/mol. The summed E-state index contributed by atoms with van der Waals surface area (Å²) in [7, 11) is 1.62. The fourth-order valence-electron chi connectivity index (χ4n) is 3.39. The highest BCUT2D eigenvalue weighted by Crippen LogP contribution is 2.40. The molecule has 1 N–H and O–H groups in total. The van der Waals surface area contributed by atoms with E-state index in [0.29, 0.717) is 17.9 Å². The molecule has 0 unspecified atom stereocenters. The molecule has 8 heteroatoms. The minimum Gasteiger partial charge on any atom is -0.497 e.